The van der Waals surface area contributed by atoms with Crippen molar-refractivity contribution in [1.82, 2.24) is 24.8 Å². The Morgan fingerprint density at radius 1 is 0.942 bits per heavy atom. The molecule has 5 rings (SSSR count). The number of rotatable bonds is 16. The Labute approximate surface area is 299 Å². The van der Waals surface area contributed by atoms with Crippen LogP contribution in [0.5, 0.6) is 17.2 Å². The molecule has 1 amide bonds. The molecule has 4 N–H and O–H groups in total. The first kappa shape index (κ1) is 37.7. The van der Waals surface area contributed by atoms with E-state index < -0.39 is 49.7 Å². The molecule has 2 aromatic heterocycles. The second kappa shape index (κ2) is 16.7. The van der Waals surface area contributed by atoms with Crippen molar-refractivity contribution in [2.75, 3.05) is 33.6 Å². The third-order valence-electron chi connectivity index (χ3n) is 8.48. The van der Waals surface area contributed by atoms with Crippen molar-refractivity contribution >= 4 is 13.5 Å². The molecule has 5 aromatic rings. The van der Waals surface area contributed by atoms with Crippen LogP contribution < -0.4 is 26.0 Å². The van der Waals surface area contributed by atoms with Gasteiger partial charge < -0.3 is 28.9 Å². The van der Waals surface area contributed by atoms with E-state index in [4.69, 9.17) is 14.0 Å². The Hall–Kier alpha value is -5.53. The monoisotopic (exact) mass is 729 g/mol. The number of carbonyl (C=O) groups excluding carboxylic acids is 1. The number of amides is 1. The molecule has 52 heavy (non-hydrogen) atoms. The minimum Gasteiger partial charge on any atom is -0.503 e. The highest BCUT2D eigenvalue weighted by Crippen LogP contribution is 2.45. The number of ether oxygens (including phenoxy) is 2. The predicted molar refractivity (Wildman–Crippen MR) is 193 cm³/mol. The van der Waals surface area contributed by atoms with Crippen molar-refractivity contribution in [3.63, 3.8) is 0 Å². The van der Waals surface area contributed by atoms with Crippen molar-refractivity contribution in [3.8, 4) is 17.2 Å². The van der Waals surface area contributed by atoms with Crippen molar-refractivity contribution in [1.29, 1.82) is 0 Å². The van der Waals surface area contributed by atoms with E-state index in [9.17, 15) is 28.9 Å². The summed E-state index contributed by atoms with van der Waals surface area (Å²) >= 11 is 0. The molecule has 0 aliphatic carbocycles. The van der Waals surface area contributed by atoms with Gasteiger partial charge in [-0.1, -0.05) is 78.9 Å². The molecule has 14 nitrogen and oxygen atoms in total. The second-order valence-electron chi connectivity index (χ2n) is 11.8. The molecule has 272 valence electrons. The molecular formula is C37H40N5O9P. The molecule has 0 saturated heterocycles. The van der Waals surface area contributed by atoms with Gasteiger partial charge in [0, 0.05) is 42.7 Å². The van der Waals surface area contributed by atoms with Crippen molar-refractivity contribution in [2.45, 2.75) is 25.6 Å². The summed E-state index contributed by atoms with van der Waals surface area (Å²) < 4.78 is 30.8. The number of aromatic hydroxyl groups is 1. The third kappa shape index (κ3) is 8.49. The van der Waals surface area contributed by atoms with Crippen LogP contribution in [-0.4, -0.2) is 68.9 Å². The first-order valence-electron chi connectivity index (χ1n) is 16.2. The number of pyridine rings is 1. The van der Waals surface area contributed by atoms with Gasteiger partial charge in [-0.05, 0) is 24.1 Å². The van der Waals surface area contributed by atoms with E-state index in [0.29, 0.717) is 5.75 Å². The van der Waals surface area contributed by atoms with Gasteiger partial charge in [0.25, 0.3) is 5.56 Å². The Bertz CT molecular complexity index is 2120. The van der Waals surface area contributed by atoms with E-state index in [2.05, 4.69) is 15.3 Å². The van der Waals surface area contributed by atoms with Crippen molar-refractivity contribution < 1.29 is 33.4 Å². The topological polar surface area (TPSA) is 185 Å². The highest BCUT2D eigenvalue weighted by Gasteiger charge is 2.39. The Morgan fingerprint density at radius 2 is 1.56 bits per heavy atom. The van der Waals surface area contributed by atoms with E-state index >= 15 is 0 Å². The average Bonchev–Trinajstić information content (AvgIpc) is 3.15. The molecule has 1 unspecified atom stereocenters. The molecule has 0 spiro atoms. The zero-order valence-corrected chi connectivity index (χ0v) is 29.8. The van der Waals surface area contributed by atoms with Crippen LogP contribution in [0.4, 0.5) is 0 Å². The number of hydrogen-bond acceptors (Lipinski definition) is 10. The summed E-state index contributed by atoms with van der Waals surface area (Å²) in [7, 11) is -1.66. The molecule has 0 saturated carbocycles. The summed E-state index contributed by atoms with van der Waals surface area (Å²) in [6.45, 7) is 0.343. The number of benzene rings is 3. The largest absolute Gasteiger partial charge is 0.503 e. The first-order chi connectivity index (χ1) is 25.0. The standard InChI is InChI=1S/C37H40N5O9P/c1-26-22-42(36(46)40-35(26)45)23-33(43)41(25-52(47,48)51-24-30-34(44)32(50-3)18-19-38-30)21-20-39-37(27-12-6-4-7-13-27,28-14-8-5-9-15-28)29-16-10-11-17-31(29)49-2/h4-19,22,39,44H,20-21,23-25H2,1-3H3,(H,47,48)(H,40,45,46). The zero-order chi connectivity index (χ0) is 37.3. The molecule has 0 bridgehead atoms. The molecule has 1 atom stereocenters. The van der Waals surface area contributed by atoms with Gasteiger partial charge in [0.15, 0.2) is 11.5 Å². The van der Waals surface area contributed by atoms with Crippen LogP contribution in [0.2, 0.25) is 0 Å². The van der Waals surface area contributed by atoms with E-state index in [1.165, 1.54) is 32.5 Å². The normalized spacial score (nSPS) is 12.5. The second-order valence-corrected chi connectivity index (χ2v) is 13.6. The van der Waals surface area contributed by atoms with E-state index in [0.717, 1.165) is 26.2 Å². The predicted octanol–water partition coefficient (Wildman–Crippen LogP) is 3.73. The quantitative estimate of drug-likeness (QED) is 0.0857. The smallest absolute Gasteiger partial charge is 0.347 e. The van der Waals surface area contributed by atoms with Gasteiger partial charge in [-0.3, -0.25) is 34.0 Å². The van der Waals surface area contributed by atoms with Crippen LogP contribution in [0.25, 0.3) is 0 Å². The fourth-order valence-electron chi connectivity index (χ4n) is 5.91. The number of hydrogen-bond donors (Lipinski definition) is 4. The van der Waals surface area contributed by atoms with Gasteiger partial charge in [0.2, 0.25) is 5.91 Å². The number of aromatic nitrogens is 3. The summed E-state index contributed by atoms with van der Waals surface area (Å²) in [5.74, 6) is -0.352. The summed E-state index contributed by atoms with van der Waals surface area (Å²) in [6, 6.07) is 28.3. The summed E-state index contributed by atoms with van der Waals surface area (Å²) in [5.41, 5.74) is 0.239. The van der Waals surface area contributed by atoms with Gasteiger partial charge in [-0.25, -0.2) is 4.79 Å². The lowest BCUT2D eigenvalue weighted by molar-refractivity contribution is -0.131. The fourth-order valence-corrected chi connectivity index (χ4v) is 7.04. The lowest BCUT2D eigenvalue weighted by Crippen LogP contribution is -2.49. The number of para-hydroxylation sites is 1. The average molecular weight is 730 g/mol. The number of carbonyl (C=O) groups is 1. The number of aromatic amines is 1. The maximum absolute atomic E-state index is 13.9. The van der Waals surface area contributed by atoms with Crippen LogP contribution >= 0.6 is 7.60 Å². The summed E-state index contributed by atoms with van der Waals surface area (Å²) in [4.78, 5) is 56.8. The maximum Gasteiger partial charge on any atom is 0.347 e. The number of H-pyrrole nitrogens is 1. The highest BCUT2D eigenvalue weighted by molar-refractivity contribution is 7.52. The first-order valence-corrected chi connectivity index (χ1v) is 18.0. The molecule has 0 fully saturated rings. The summed E-state index contributed by atoms with van der Waals surface area (Å²) in [5, 5.41) is 14.1. The molecule has 0 radical (unpaired) electrons. The van der Waals surface area contributed by atoms with Gasteiger partial charge in [-0.2, -0.15) is 0 Å². The highest BCUT2D eigenvalue weighted by atomic mass is 31.2. The molecule has 0 aliphatic rings. The molecule has 2 heterocycles. The number of methoxy groups -OCH3 is 2. The van der Waals surface area contributed by atoms with Crippen LogP contribution in [0, 0.1) is 6.92 Å². The molecule has 0 aliphatic heterocycles. The Morgan fingerprint density at radius 3 is 2.19 bits per heavy atom. The van der Waals surface area contributed by atoms with E-state index in [1.54, 1.807) is 7.11 Å². The van der Waals surface area contributed by atoms with Gasteiger partial charge in [0.1, 0.15) is 30.9 Å². The summed E-state index contributed by atoms with van der Waals surface area (Å²) in [6.07, 6.45) is 1.82. The van der Waals surface area contributed by atoms with Gasteiger partial charge in [-0.15, -0.1) is 0 Å². The van der Waals surface area contributed by atoms with Crippen LogP contribution in [0.1, 0.15) is 27.9 Å². The fraction of sp³-hybridized carbons (Fsp3) is 0.243. The minimum atomic E-state index is -4.59. The Kier molecular flexibility index (Phi) is 12.1. The number of nitrogens with zero attached hydrogens (tertiary/aromatic N) is 3. The van der Waals surface area contributed by atoms with Crippen LogP contribution in [-0.2, 0) is 32.6 Å². The Balaban J connectivity index is 1.49. The maximum atomic E-state index is 13.9. The van der Waals surface area contributed by atoms with E-state index in [-0.39, 0.29) is 35.8 Å². The van der Waals surface area contributed by atoms with Crippen molar-refractivity contribution in [2.24, 2.45) is 0 Å². The van der Waals surface area contributed by atoms with Crippen LogP contribution in [0.3, 0.4) is 0 Å². The van der Waals surface area contributed by atoms with Crippen LogP contribution in [0.15, 0.2) is 113 Å². The lowest BCUT2D eigenvalue weighted by Gasteiger charge is -2.38. The molecular weight excluding hydrogens is 689 g/mol. The molecule has 3 aromatic carbocycles. The van der Waals surface area contributed by atoms with Gasteiger partial charge >= 0.3 is 13.3 Å². The van der Waals surface area contributed by atoms with Crippen molar-refractivity contribution in [3.05, 3.63) is 152 Å². The van der Waals surface area contributed by atoms with E-state index in [1.807, 2.05) is 84.9 Å². The van der Waals surface area contributed by atoms with Gasteiger partial charge in [0.05, 0.1) is 19.8 Å². The third-order valence-corrected chi connectivity index (χ3v) is 9.71. The molecule has 15 heteroatoms. The minimum absolute atomic E-state index is 0.0456. The lowest BCUT2D eigenvalue weighted by atomic mass is 9.76. The number of aryl methyl sites for hydroxylation is 1. The SMILES string of the molecule is COc1ccccc1C(NCCN(CP(=O)(O)OCc1nccc(OC)c1O)C(=O)Cn1cc(C)c(=O)[nH]c1=O)(c1ccccc1)c1ccccc1. The number of nitrogens with one attached hydrogen (secondary N) is 2. The zero-order valence-electron chi connectivity index (χ0n) is 28.9.